The van der Waals surface area contributed by atoms with Gasteiger partial charge in [-0.05, 0) is 73.9 Å². The molecule has 434 valence electrons. The number of hydrogen-bond acceptors (Lipinski definition) is 9. The zero-order valence-corrected chi connectivity index (χ0v) is 50.7. The Bertz CT molecular complexity index is 3330. The first-order chi connectivity index (χ1) is 41.3. The number of carbonyl (C=O) groups excluding carboxylic acids is 3. The Labute approximate surface area is 498 Å². The van der Waals surface area contributed by atoms with E-state index in [-0.39, 0.29) is 18.5 Å². The highest BCUT2D eigenvalue weighted by Crippen LogP contribution is 2.49. The van der Waals surface area contributed by atoms with E-state index >= 15 is 13.7 Å². The van der Waals surface area contributed by atoms with Gasteiger partial charge in [-0.2, -0.15) is 0 Å². The molecule has 0 bridgehead atoms. The summed E-state index contributed by atoms with van der Waals surface area (Å²) < 4.78 is 65.6. The first-order valence-corrected chi connectivity index (χ1v) is 34.3. The van der Waals surface area contributed by atoms with Crippen LogP contribution in [0.25, 0.3) is 0 Å². The molecule has 0 atom stereocenters. The van der Waals surface area contributed by atoms with E-state index in [0.29, 0.717) is 122 Å². The maximum atomic E-state index is 15.2. The minimum atomic E-state index is -3.51. The Morgan fingerprint density at radius 1 is 0.329 bits per heavy atom. The highest BCUT2D eigenvalue weighted by Gasteiger charge is 2.35. The zero-order valence-electron chi connectivity index (χ0n) is 48.0. The number of amides is 3. The van der Waals surface area contributed by atoms with Gasteiger partial charge >= 0.3 is 0 Å². The largest absolute Gasteiger partial charge is 0.493 e. The SMILES string of the molecule is CCCOc1ccc(NC(=O)CP(=O)(c2ccccc2)c2ccccc2)cc1C(c1cc(NC(=O)CP(=O)(c2ccccc2)c2ccccc2)ccc1OCCC)c1cc(NC(=O)CP(=O)(c2ccccc2)c2ccccc2)ccc1OCCC. The quantitative estimate of drug-likeness (QED) is 0.0335. The second kappa shape index (κ2) is 28.8. The van der Waals surface area contributed by atoms with Crippen LogP contribution >= 0.6 is 21.4 Å². The molecule has 0 spiro atoms. The molecule has 9 aromatic carbocycles. The summed E-state index contributed by atoms with van der Waals surface area (Å²) in [5.74, 6) is -1.00. The molecule has 9 rings (SSSR count). The molecule has 0 aliphatic carbocycles. The van der Waals surface area contributed by atoms with Crippen molar-refractivity contribution in [1.29, 1.82) is 0 Å². The van der Waals surface area contributed by atoms with Crippen LogP contribution in [-0.2, 0) is 28.1 Å². The van der Waals surface area contributed by atoms with Crippen molar-refractivity contribution in [2.45, 2.75) is 46.0 Å². The fourth-order valence-electron chi connectivity index (χ4n) is 10.3. The van der Waals surface area contributed by atoms with Gasteiger partial charge in [0.15, 0.2) is 21.4 Å². The van der Waals surface area contributed by atoms with Gasteiger partial charge in [-0.25, -0.2) is 0 Å². The summed E-state index contributed by atoms with van der Waals surface area (Å²) in [5.41, 5.74) is 2.76. The van der Waals surface area contributed by atoms with Crippen molar-refractivity contribution >= 4 is 88.0 Å². The number of rotatable bonds is 27. The summed E-state index contributed by atoms with van der Waals surface area (Å²) in [5, 5.41) is 12.6. The Balaban J connectivity index is 1.19. The Kier molecular flexibility index (Phi) is 20.7. The molecule has 0 radical (unpaired) electrons. The van der Waals surface area contributed by atoms with E-state index in [9.17, 15) is 14.4 Å². The third kappa shape index (κ3) is 14.9. The topological polar surface area (TPSA) is 166 Å². The average Bonchev–Trinajstić information content (AvgIpc) is 3.33. The van der Waals surface area contributed by atoms with Crippen LogP contribution in [0.5, 0.6) is 17.2 Å². The van der Waals surface area contributed by atoms with Gasteiger partial charge in [-0.1, -0.05) is 203 Å². The lowest BCUT2D eigenvalue weighted by Gasteiger charge is -2.28. The van der Waals surface area contributed by atoms with Crippen molar-refractivity contribution in [2.75, 3.05) is 54.3 Å². The Morgan fingerprint density at radius 3 is 0.741 bits per heavy atom. The summed E-state index contributed by atoms with van der Waals surface area (Å²) >= 11 is 0. The molecule has 15 heteroatoms. The second-order valence-corrected chi connectivity index (χ2v) is 29.1. The highest BCUT2D eigenvalue weighted by molar-refractivity contribution is 7.80. The van der Waals surface area contributed by atoms with Gasteiger partial charge < -0.3 is 43.9 Å². The molecule has 0 heterocycles. The lowest BCUT2D eigenvalue weighted by molar-refractivity contribution is -0.114. The van der Waals surface area contributed by atoms with Gasteiger partial charge in [-0.3, -0.25) is 14.4 Å². The molecular weight excluding hydrogens is 1120 g/mol. The molecule has 0 saturated carbocycles. The van der Waals surface area contributed by atoms with E-state index in [1.54, 1.807) is 109 Å². The lowest BCUT2D eigenvalue weighted by atomic mass is 9.82. The summed E-state index contributed by atoms with van der Waals surface area (Å²) in [4.78, 5) is 43.7. The summed E-state index contributed by atoms with van der Waals surface area (Å²) in [7, 11) is -10.5. The number of carbonyl (C=O) groups is 3. The van der Waals surface area contributed by atoms with Gasteiger partial charge in [0, 0.05) is 71.5 Å². The van der Waals surface area contributed by atoms with E-state index < -0.39 is 45.1 Å². The van der Waals surface area contributed by atoms with E-state index in [1.165, 1.54) is 0 Å². The third-order valence-corrected chi connectivity index (χ3v) is 23.3. The third-order valence-electron chi connectivity index (χ3n) is 14.3. The monoisotopic (exact) mass is 1190 g/mol. The van der Waals surface area contributed by atoms with Crippen molar-refractivity contribution in [1.82, 2.24) is 0 Å². The molecule has 0 fully saturated rings. The van der Waals surface area contributed by atoms with E-state index in [4.69, 9.17) is 14.2 Å². The number of hydrogen-bond donors (Lipinski definition) is 3. The standard InChI is InChI=1S/C70H70N3O9P3/c1-4-43-80-64-40-37-52(71-67(74)49-83(77,55-25-13-7-14-26-55)56-27-15-8-16-28-56)46-61(64)70(62-47-53(38-41-65(62)81-44-5-2)72-68(75)50-84(78,57-29-17-9-18-30-57)58-31-19-10-20-32-58)63-48-54(39-42-66(63)82-45-6-3)73-69(76)51-85(79,59-33-21-11-22-34-59)60-35-23-12-24-36-60/h7-42,46-48,70H,4-6,43-45,49-51H2,1-3H3,(H,71,74)(H,72,75)(H,73,76). The van der Waals surface area contributed by atoms with Crippen molar-refractivity contribution in [2.24, 2.45) is 0 Å². The van der Waals surface area contributed by atoms with Gasteiger partial charge in [0.2, 0.25) is 17.7 Å². The fourth-order valence-corrected chi connectivity index (χ4v) is 17.7. The number of anilines is 3. The van der Waals surface area contributed by atoms with Gasteiger partial charge in [0.1, 0.15) is 17.2 Å². The molecule has 12 nitrogen and oxygen atoms in total. The van der Waals surface area contributed by atoms with Gasteiger partial charge in [0.05, 0.1) is 38.3 Å². The first kappa shape index (κ1) is 61.1. The Hall–Kier alpha value is -8.52. The second-order valence-electron chi connectivity index (χ2n) is 20.6. The summed E-state index contributed by atoms with van der Waals surface area (Å²) in [6, 6.07) is 70.2. The fraction of sp³-hybridized carbons (Fsp3) is 0.186. The Morgan fingerprint density at radius 2 is 0.541 bits per heavy atom. The minimum Gasteiger partial charge on any atom is -0.493 e. The van der Waals surface area contributed by atoms with Gasteiger partial charge in [-0.15, -0.1) is 0 Å². The molecule has 0 unspecified atom stereocenters. The van der Waals surface area contributed by atoms with Crippen LogP contribution in [0.1, 0.15) is 62.6 Å². The smallest absolute Gasteiger partial charge is 0.232 e. The van der Waals surface area contributed by atoms with Gasteiger partial charge in [0.25, 0.3) is 0 Å². The number of nitrogens with one attached hydrogen (secondary N) is 3. The molecule has 0 aliphatic heterocycles. The van der Waals surface area contributed by atoms with E-state index in [0.717, 1.165) is 0 Å². The van der Waals surface area contributed by atoms with Crippen LogP contribution in [0.15, 0.2) is 237 Å². The van der Waals surface area contributed by atoms with Crippen molar-refractivity contribution in [3.05, 3.63) is 253 Å². The van der Waals surface area contributed by atoms with Crippen LogP contribution in [0.3, 0.4) is 0 Å². The van der Waals surface area contributed by atoms with E-state index in [2.05, 4.69) is 16.0 Å². The summed E-state index contributed by atoms with van der Waals surface area (Å²) in [6.07, 6.45) is 0.975. The van der Waals surface area contributed by atoms with Crippen LogP contribution in [-0.4, -0.2) is 56.0 Å². The molecule has 0 saturated heterocycles. The molecule has 0 aromatic heterocycles. The highest BCUT2D eigenvalue weighted by atomic mass is 31.2. The van der Waals surface area contributed by atoms with Crippen LogP contribution in [0, 0.1) is 0 Å². The minimum absolute atomic E-state index is 0.319. The van der Waals surface area contributed by atoms with Crippen LogP contribution in [0.4, 0.5) is 17.1 Å². The van der Waals surface area contributed by atoms with Crippen LogP contribution < -0.4 is 62.0 Å². The average molecular weight is 1190 g/mol. The molecule has 3 amide bonds. The maximum Gasteiger partial charge on any atom is 0.232 e. The maximum absolute atomic E-state index is 15.2. The lowest BCUT2D eigenvalue weighted by Crippen LogP contribution is -2.26. The van der Waals surface area contributed by atoms with Crippen molar-refractivity contribution < 1.29 is 42.3 Å². The molecule has 0 aliphatic rings. The predicted octanol–water partition coefficient (Wildman–Crippen LogP) is 13.1. The number of ether oxygens (including phenoxy) is 3. The summed E-state index contributed by atoms with van der Waals surface area (Å²) in [6.45, 7) is 6.95. The molecule has 9 aromatic rings. The molecule has 3 N–H and O–H groups in total. The normalized spacial score (nSPS) is 11.6. The molecule has 85 heavy (non-hydrogen) atoms. The predicted molar refractivity (Wildman–Crippen MR) is 347 cm³/mol. The zero-order chi connectivity index (χ0) is 59.7. The number of benzene rings is 9. The first-order valence-electron chi connectivity index (χ1n) is 28.7. The van der Waals surface area contributed by atoms with Crippen LogP contribution in [0.2, 0.25) is 0 Å². The van der Waals surface area contributed by atoms with Crippen molar-refractivity contribution in [3.63, 3.8) is 0 Å². The van der Waals surface area contributed by atoms with Crippen molar-refractivity contribution in [3.8, 4) is 17.2 Å². The van der Waals surface area contributed by atoms with E-state index in [1.807, 2.05) is 148 Å². The molecular formula is C70H70N3O9P3.